The summed E-state index contributed by atoms with van der Waals surface area (Å²) in [4.78, 5) is 2.72. The van der Waals surface area contributed by atoms with E-state index >= 15 is 0 Å². The van der Waals surface area contributed by atoms with Crippen LogP contribution in [0.15, 0.2) is 28.7 Å². The lowest BCUT2D eigenvalue weighted by molar-refractivity contribution is 0.0274. The normalized spacial score (nSPS) is 28.9. The van der Waals surface area contributed by atoms with E-state index in [0.29, 0.717) is 12.6 Å². The van der Waals surface area contributed by atoms with Gasteiger partial charge < -0.3 is 5.73 Å². The Kier molecular flexibility index (Phi) is 4.79. The Bertz CT molecular complexity index is 446. The molecule has 1 aliphatic heterocycles. The number of nitrogens with zero attached hydrogens (tertiary/aromatic N) is 1. The topological polar surface area (TPSA) is 29.3 Å². The number of rotatable bonds is 3. The van der Waals surface area contributed by atoms with Crippen molar-refractivity contribution < 1.29 is 0 Å². The van der Waals surface area contributed by atoms with Gasteiger partial charge in [0, 0.05) is 23.1 Å². The first-order chi connectivity index (χ1) is 9.81. The lowest BCUT2D eigenvalue weighted by atomic mass is 9.77. The van der Waals surface area contributed by atoms with Crippen LogP contribution in [-0.2, 0) is 0 Å². The van der Waals surface area contributed by atoms with Gasteiger partial charge in [0.05, 0.1) is 0 Å². The minimum absolute atomic E-state index is 0.372. The molecule has 3 rings (SSSR count). The summed E-state index contributed by atoms with van der Waals surface area (Å²) in [6, 6.07) is 9.72. The summed E-state index contributed by atoms with van der Waals surface area (Å²) >= 11 is 3.71. The maximum absolute atomic E-state index is 6.16. The van der Waals surface area contributed by atoms with Gasteiger partial charge in [-0.2, -0.15) is 0 Å². The smallest absolute Gasteiger partial charge is 0.0484 e. The third-order valence-electron chi connectivity index (χ3n) is 5.17. The van der Waals surface area contributed by atoms with E-state index in [9.17, 15) is 0 Å². The Morgan fingerprint density at radius 3 is 2.70 bits per heavy atom. The number of fused-ring (bicyclic) bond motifs is 1. The molecule has 1 aliphatic carbocycles. The van der Waals surface area contributed by atoms with E-state index in [4.69, 9.17) is 5.73 Å². The standard InChI is InChI=1S/C17H25BrN2/c18-15-9-3-2-8-14(15)17(12-19)20-11-5-7-13-6-1-4-10-16(13)20/h2-3,8-9,13,16-17H,1,4-7,10-12,19H2. The molecule has 0 spiro atoms. The Balaban J connectivity index is 1.86. The highest BCUT2D eigenvalue weighted by Gasteiger charge is 2.36. The number of halogens is 1. The fourth-order valence-corrected chi connectivity index (χ4v) is 4.79. The third-order valence-corrected chi connectivity index (χ3v) is 5.90. The molecule has 3 unspecified atom stereocenters. The summed E-state index contributed by atoms with van der Waals surface area (Å²) in [6.45, 7) is 1.93. The van der Waals surface area contributed by atoms with E-state index < -0.39 is 0 Å². The highest BCUT2D eigenvalue weighted by Crippen LogP contribution is 2.40. The SMILES string of the molecule is NCC(c1ccccc1Br)N1CCCC2CCCCC21. The number of likely N-dealkylation sites (tertiary alicyclic amines) is 1. The fraction of sp³-hybridized carbons (Fsp3) is 0.647. The number of hydrogen-bond acceptors (Lipinski definition) is 2. The molecule has 2 N–H and O–H groups in total. The number of nitrogens with two attached hydrogens (primary N) is 1. The molecule has 2 nitrogen and oxygen atoms in total. The maximum Gasteiger partial charge on any atom is 0.0484 e. The minimum Gasteiger partial charge on any atom is -0.329 e. The van der Waals surface area contributed by atoms with Gasteiger partial charge in [-0.25, -0.2) is 0 Å². The van der Waals surface area contributed by atoms with Crippen LogP contribution < -0.4 is 5.73 Å². The molecule has 1 aromatic rings. The molecule has 0 amide bonds. The predicted octanol–water partition coefficient (Wildman–Crippen LogP) is 4.10. The lowest BCUT2D eigenvalue weighted by Crippen LogP contribution is -2.50. The summed E-state index contributed by atoms with van der Waals surface area (Å²) in [6.07, 6.45) is 8.37. The van der Waals surface area contributed by atoms with Crippen molar-refractivity contribution in [1.82, 2.24) is 4.90 Å². The third kappa shape index (κ3) is 2.81. The molecule has 3 atom stereocenters. The summed E-state index contributed by atoms with van der Waals surface area (Å²) in [7, 11) is 0. The number of hydrogen-bond donors (Lipinski definition) is 1. The van der Waals surface area contributed by atoms with E-state index in [1.165, 1.54) is 55.1 Å². The first kappa shape index (κ1) is 14.6. The Labute approximate surface area is 130 Å². The van der Waals surface area contributed by atoms with Crippen LogP contribution in [0.5, 0.6) is 0 Å². The van der Waals surface area contributed by atoms with Crippen LogP contribution in [0, 0.1) is 5.92 Å². The van der Waals surface area contributed by atoms with Crippen molar-refractivity contribution in [3.8, 4) is 0 Å². The number of benzene rings is 1. The second-order valence-electron chi connectivity index (χ2n) is 6.26. The zero-order chi connectivity index (χ0) is 13.9. The molecule has 3 heteroatoms. The van der Waals surface area contributed by atoms with E-state index in [2.05, 4.69) is 45.1 Å². The summed E-state index contributed by atoms with van der Waals surface area (Å²) < 4.78 is 1.20. The van der Waals surface area contributed by atoms with Crippen LogP contribution in [0.4, 0.5) is 0 Å². The fourth-order valence-electron chi connectivity index (χ4n) is 4.24. The second-order valence-corrected chi connectivity index (χ2v) is 7.12. The monoisotopic (exact) mass is 336 g/mol. The molecule has 2 aliphatic rings. The van der Waals surface area contributed by atoms with Gasteiger partial charge in [-0.1, -0.05) is 47.0 Å². The van der Waals surface area contributed by atoms with Crippen LogP contribution in [0.1, 0.15) is 50.1 Å². The largest absolute Gasteiger partial charge is 0.329 e. The minimum atomic E-state index is 0.372. The first-order valence-electron chi connectivity index (χ1n) is 8.01. The zero-order valence-electron chi connectivity index (χ0n) is 12.1. The molecule has 20 heavy (non-hydrogen) atoms. The molecular weight excluding hydrogens is 312 g/mol. The first-order valence-corrected chi connectivity index (χ1v) is 8.81. The summed E-state index contributed by atoms with van der Waals surface area (Å²) in [5.74, 6) is 0.911. The van der Waals surface area contributed by atoms with Crippen LogP contribution in [-0.4, -0.2) is 24.0 Å². The quantitative estimate of drug-likeness (QED) is 0.900. The average Bonchev–Trinajstić information content (AvgIpc) is 2.50. The molecule has 1 aromatic carbocycles. The molecule has 2 fully saturated rings. The Morgan fingerprint density at radius 2 is 1.90 bits per heavy atom. The van der Waals surface area contributed by atoms with Crippen LogP contribution in [0.25, 0.3) is 0 Å². The van der Waals surface area contributed by atoms with Crippen LogP contribution >= 0.6 is 15.9 Å². The van der Waals surface area contributed by atoms with Gasteiger partial charge in [0.2, 0.25) is 0 Å². The van der Waals surface area contributed by atoms with E-state index in [1.807, 2.05) is 0 Å². The molecule has 0 radical (unpaired) electrons. The van der Waals surface area contributed by atoms with Gasteiger partial charge >= 0.3 is 0 Å². The Morgan fingerprint density at radius 1 is 1.15 bits per heavy atom. The summed E-state index contributed by atoms with van der Waals surface area (Å²) in [5.41, 5.74) is 7.53. The van der Waals surface area contributed by atoms with Crippen molar-refractivity contribution in [3.63, 3.8) is 0 Å². The van der Waals surface area contributed by atoms with Crippen molar-refractivity contribution in [2.45, 2.75) is 50.6 Å². The maximum atomic E-state index is 6.16. The average molecular weight is 337 g/mol. The molecule has 0 aromatic heterocycles. The van der Waals surface area contributed by atoms with Gasteiger partial charge in [0.25, 0.3) is 0 Å². The van der Waals surface area contributed by atoms with Crippen molar-refractivity contribution >= 4 is 15.9 Å². The van der Waals surface area contributed by atoms with Crippen LogP contribution in [0.2, 0.25) is 0 Å². The van der Waals surface area contributed by atoms with Crippen LogP contribution in [0.3, 0.4) is 0 Å². The van der Waals surface area contributed by atoms with E-state index in [1.54, 1.807) is 0 Å². The van der Waals surface area contributed by atoms with Gasteiger partial charge in [-0.05, 0) is 49.8 Å². The van der Waals surface area contributed by atoms with Crippen molar-refractivity contribution in [2.24, 2.45) is 11.7 Å². The highest BCUT2D eigenvalue weighted by molar-refractivity contribution is 9.10. The van der Waals surface area contributed by atoms with Gasteiger partial charge in [-0.3, -0.25) is 4.90 Å². The van der Waals surface area contributed by atoms with Gasteiger partial charge in [0.15, 0.2) is 0 Å². The lowest BCUT2D eigenvalue weighted by Gasteiger charge is -2.47. The Hall–Kier alpha value is -0.380. The zero-order valence-corrected chi connectivity index (χ0v) is 13.7. The van der Waals surface area contributed by atoms with Crippen molar-refractivity contribution in [1.29, 1.82) is 0 Å². The molecule has 1 saturated carbocycles. The van der Waals surface area contributed by atoms with Gasteiger partial charge in [-0.15, -0.1) is 0 Å². The van der Waals surface area contributed by atoms with Crippen molar-refractivity contribution in [2.75, 3.05) is 13.1 Å². The van der Waals surface area contributed by atoms with E-state index in [-0.39, 0.29) is 0 Å². The van der Waals surface area contributed by atoms with E-state index in [0.717, 1.165) is 12.0 Å². The molecule has 1 saturated heterocycles. The highest BCUT2D eigenvalue weighted by atomic mass is 79.9. The molecule has 0 bridgehead atoms. The predicted molar refractivity (Wildman–Crippen MR) is 87.6 cm³/mol. The van der Waals surface area contributed by atoms with Gasteiger partial charge in [0.1, 0.15) is 0 Å². The number of piperidine rings is 1. The second kappa shape index (κ2) is 6.59. The molecular formula is C17H25BrN2. The molecule has 1 heterocycles. The van der Waals surface area contributed by atoms with Crippen molar-refractivity contribution in [3.05, 3.63) is 34.3 Å². The summed E-state index contributed by atoms with van der Waals surface area (Å²) in [5, 5.41) is 0. The molecule has 110 valence electrons.